The first kappa shape index (κ1) is 16.8. The van der Waals surface area contributed by atoms with Gasteiger partial charge in [-0.2, -0.15) is 4.98 Å². The molecule has 0 aliphatic rings. The lowest BCUT2D eigenvalue weighted by Crippen LogP contribution is -2.22. The van der Waals surface area contributed by atoms with Crippen LogP contribution in [0.3, 0.4) is 0 Å². The number of nitrogens with zero attached hydrogens (tertiary/aromatic N) is 2. The second-order valence-electron chi connectivity index (χ2n) is 4.75. The van der Waals surface area contributed by atoms with Gasteiger partial charge in [-0.05, 0) is 24.3 Å². The maximum Gasteiger partial charge on any atom is 0.255 e. The third-order valence-electron chi connectivity index (χ3n) is 3.10. The van der Waals surface area contributed by atoms with Gasteiger partial charge in [0, 0.05) is 25.2 Å². The van der Waals surface area contributed by atoms with E-state index >= 15 is 0 Å². The summed E-state index contributed by atoms with van der Waals surface area (Å²) >= 11 is 1.03. The SMILES string of the molecule is CC(=O)N(C)c1ccc(C(=O)CSc2nc(O)cc(=O)[nH]2)cc1. The minimum atomic E-state index is -0.482. The molecule has 2 rings (SSSR count). The monoisotopic (exact) mass is 333 g/mol. The molecule has 23 heavy (non-hydrogen) atoms. The molecule has 1 aromatic carbocycles. The first-order valence-electron chi connectivity index (χ1n) is 6.67. The van der Waals surface area contributed by atoms with Crippen LogP contribution in [0.15, 0.2) is 40.3 Å². The summed E-state index contributed by atoms with van der Waals surface area (Å²) in [6, 6.07) is 7.60. The summed E-state index contributed by atoms with van der Waals surface area (Å²) in [6.07, 6.45) is 0. The number of ketones is 1. The highest BCUT2D eigenvalue weighted by atomic mass is 32.2. The number of thioether (sulfide) groups is 1. The first-order valence-corrected chi connectivity index (χ1v) is 7.66. The van der Waals surface area contributed by atoms with Crippen molar-refractivity contribution in [2.45, 2.75) is 12.1 Å². The highest BCUT2D eigenvalue weighted by Crippen LogP contribution is 2.18. The fraction of sp³-hybridized carbons (Fsp3) is 0.200. The molecule has 0 fully saturated rings. The van der Waals surface area contributed by atoms with Crippen LogP contribution in [0.5, 0.6) is 5.88 Å². The largest absolute Gasteiger partial charge is 0.493 e. The maximum absolute atomic E-state index is 12.1. The Morgan fingerprint density at radius 1 is 1.30 bits per heavy atom. The van der Waals surface area contributed by atoms with Crippen LogP contribution < -0.4 is 10.5 Å². The zero-order valence-corrected chi connectivity index (χ0v) is 13.4. The number of nitrogens with one attached hydrogen (secondary N) is 1. The molecular weight excluding hydrogens is 318 g/mol. The van der Waals surface area contributed by atoms with Crippen LogP contribution in [0.2, 0.25) is 0 Å². The number of H-pyrrole nitrogens is 1. The van der Waals surface area contributed by atoms with Crippen molar-refractivity contribution in [3.8, 4) is 5.88 Å². The molecule has 1 heterocycles. The smallest absolute Gasteiger partial charge is 0.255 e. The van der Waals surface area contributed by atoms with Gasteiger partial charge in [0.2, 0.25) is 11.8 Å². The highest BCUT2D eigenvalue weighted by molar-refractivity contribution is 7.99. The second-order valence-corrected chi connectivity index (χ2v) is 5.71. The Balaban J connectivity index is 2.03. The van der Waals surface area contributed by atoms with Gasteiger partial charge < -0.3 is 15.0 Å². The van der Waals surface area contributed by atoms with E-state index in [1.807, 2.05) is 0 Å². The van der Waals surface area contributed by atoms with Gasteiger partial charge in [-0.1, -0.05) is 11.8 Å². The van der Waals surface area contributed by atoms with Crippen LogP contribution in [-0.2, 0) is 4.79 Å². The van der Waals surface area contributed by atoms with Gasteiger partial charge in [0.25, 0.3) is 5.56 Å². The molecule has 0 aliphatic heterocycles. The third-order valence-corrected chi connectivity index (χ3v) is 3.97. The normalized spacial score (nSPS) is 10.3. The van der Waals surface area contributed by atoms with Crippen molar-refractivity contribution in [2.75, 3.05) is 17.7 Å². The Morgan fingerprint density at radius 2 is 1.96 bits per heavy atom. The van der Waals surface area contributed by atoms with E-state index < -0.39 is 5.56 Å². The lowest BCUT2D eigenvalue weighted by molar-refractivity contribution is -0.116. The van der Waals surface area contributed by atoms with E-state index in [0.29, 0.717) is 11.3 Å². The van der Waals surface area contributed by atoms with Crippen molar-refractivity contribution in [2.24, 2.45) is 0 Å². The third kappa shape index (κ3) is 4.43. The van der Waals surface area contributed by atoms with Crippen molar-refractivity contribution in [1.29, 1.82) is 0 Å². The van der Waals surface area contributed by atoms with Gasteiger partial charge in [-0.25, -0.2) is 0 Å². The molecule has 0 saturated carbocycles. The van der Waals surface area contributed by atoms with Gasteiger partial charge in [-0.15, -0.1) is 0 Å². The van der Waals surface area contributed by atoms with E-state index in [2.05, 4.69) is 9.97 Å². The minimum absolute atomic E-state index is 0.0638. The van der Waals surface area contributed by atoms with Crippen LogP contribution in [0.25, 0.3) is 0 Å². The number of carbonyl (C=O) groups is 2. The van der Waals surface area contributed by atoms with Gasteiger partial charge in [-0.3, -0.25) is 14.4 Å². The molecule has 2 aromatic rings. The fourth-order valence-corrected chi connectivity index (χ4v) is 2.53. The average Bonchev–Trinajstić information content (AvgIpc) is 2.51. The molecule has 1 amide bonds. The van der Waals surface area contributed by atoms with Crippen LogP contribution in [0, 0.1) is 0 Å². The number of aromatic amines is 1. The molecule has 0 saturated heterocycles. The highest BCUT2D eigenvalue weighted by Gasteiger charge is 2.10. The van der Waals surface area contributed by atoms with Crippen LogP contribution in [-0.4, -0.2) is 39.6 Å². The van der Waals surface area contributed by atoms with Crippen LogP contribution >= 0.6 is 11.8 Å². The summed E-state index contributed by atoms with van der Waals surface area (Å²) in [7, 11) is 1.65. The Kier molecular flexibility index (Phi) is 5.17. The van der Waals surface area contributed by atoms with E-state index in [4.69, 9.17) is 0 Å². The topological polar surface area (TPSA) is 103 Å². The number of rotatable bonds is 5. The predicted octanol–water partition coefficient (Wildman–Crippen LogP) is 1.43. The number of Topliss-reactive ketones (excluding diaryl/α,β-unsaturated/α-hetero) is 1. The first-order chi connectivity index (χ1) is 10.9. The molecule has 1 aromatic heterocycles. The Morgan fingerprint density at radius 3 is 2.52 bits per heavy atom. The van der Waals surface area contributed by atoms with E-state index in [0.717, 1.165) is 17.8 Å². The van der Waals surface area contributed by atoms with E-state index in [-0.39, 0.29) is 28.5 Å². The summed E-state index contributed by atoms with van der Waals surface area (Å²) in [5.41, 5.74) is 0.699. The minimum Gasteiger partial charge on any atom is -0.493 e. The molecule has 0 bridgehead atoms. The molecule has 120 valence electrons. The number of anilines is 1. The second kappa shape index (κ2) is 7.10. The van der Waals surface area contributed by atoms with E-state index in [1.54, 1.807) is 31.3 Å². The number of hydrogen-bond acceptors (Lipinski definition) is 6. The molecule has 0 radical (unpaired) electrons. The maximum atomic E-state index is 12.1. The summed E-state index contributed by atoms with van der Waals surface area (Å²) in [6.45, 7) is 1.46. The number of hydrogen-bond donors (Lipinski definition) is 2. The Hall–Kier alpha value is -2.61. The van der Waals surface area contributed by atoms with E-state index in [9.17, 15) is 19.5 Å². The standard InChI is InChI=1S/C15H15N3O4S/c1-9(19)18(2)11-5-3-10(4-6-11)12(20)8-23-15-16-13(21)7-14(22)17-15/h3-7H,8H2,1-2H3,(H2,16,17,21,22). The number of benzene rings is 1. The lowest BCUT2D eigenvalue weighted by Gasteiger charge is -2.14. The molecule has 8 heteroatoms. The molecular formula is C15H15N3O4S. The van der Waals surface area contributed by atoms with Gasteiger partial charge >= 0.3 is 0 Å². The molecule has 2 N–H and O–H groups in total. The molecule has 0 aliphatic carbocycles. The van der Waals surface area contributed by atoms with Crippen molar-refractivity contribution < 1.29 is 14.7 Å². The number of aromatic hydroxyl groups is 1. The molecule has 7 nitrogen and oxygen atoms in total. The Bertz CT molecular complexity index is 786. The molecule has 0 unspecified atom stereocenters. The van der Waals surface area contributed by atoms with Crippen molar-refractivity contribution >= 4 is 29.1 Å². The van der Waals surface area contributed by atoms with Crippen molar-refractivity contribution in [3.63, 3.8) is 0 Å². The molecule has 0 atom stereocenters. The zero-order chi connectivity index (χ0) is 17.0. The fourth-order valence-electron chi connectivity index (χ4n) is 1.76. The predicted molar refractivity (Wildman–Crippen MR) is 87.1 cm³/mol. The van der Waals surface area contributed by atoms with Gasteiger partial charge in [0.05, 0.1) is 11.8 Å². The number of amides is 1. The van der Waals surface area contributed by atoms with E-state index in [1.165, 1.54) is 11.8 Å². The van der Waals surface area contributed by atoms with Crippen molar-refractivity contribution in [1.82, 2.24) is 9.97 Å². The lowest BCUT2D eigenvalue weighted by atomic mass is 10.1. The van der Waals surface area contributed by atoms with Crippen molar-refractivity contribution in [3.05, 3.63) is 46.2 Å². The van der Waals surface area contributed by atoms with Gasteiger partial charge in [0.15, 0.2) is 10.9 Å². The van der Waals surface area contributed by atoms with Gasteiger partial charge in [0.1, 0.15) is 0 Å². The number of carbonyl (C=O) groups excluding carboxylic acids is 2. The van der Waals surface area contributed by atoms with Crippen LogP contribution in [0.4, 0.5) is 5.69 Å². The average molecular weight is 333 g/mol. The Labute approximate surface area is 136 Å². The summed E-state index contributed by atoms with van der Waals surface area (Å²) in [5.74, 6) is -0.578. The summed E-state index contributed by atoms with van der Waals surface area (Å²) < 4.78 is 0. The molecule has 0 spiro atoms. The van der Waals surface area contributed by atoms with Crippen LogP contribution in [0.1, 0.15) is 17.3 Å². The number of aromatic nitrogens is 2. The quantitative estimate of drug-likeness (QED) is 0.487. The summed E-state index contributed by atoms with van der Waals surface area (Å²) in [4.78, 5) is 42.2. The summed E-state index contributed by atoms with van der Waals surface area (Å²) in [5, 5.41) is 9.42. The zero-order valence-electron chi connectivity index (χ0n) is 12.6.